The van der Waals surface area contributed by atoms with E-state index in [2.05, 4.69) is 13.8 Å². The van der Waals surface area contributed by atoms with E-state index in [1.54, 1.807) is 0 Å². The number of carbonyl (C=O) groups is 2. The number of carbonyl (C=O) groups excluding carboxylic acids is 2. The highest BCUT2D eigenvalue weighted by molar-refractivity contribution is 5.87. The summed E-state index contributed by atoms with van der Waals surface area (Å²) in [5, 5.41) is 10.5. The van der Waals surface area contributed by atoms with Gasteiger partial charge < -0.3 is 14.7 Å². The van der Waals surface area contributed by atoms with Crippen molar-refractivity contribution in [1.82, 2.24) is 9.80 Å². The third-order valence-electron chi connectivity index (χ3n) is 5.43. The van der Waals surface area contributed by atoms with Gasteiger partial charge in [-0.25, -0.2) is 4.79 Å². The molecule has 1 fully saturated rings. The number of amides is 2. The summed E-state index contributed by atoms with van der Waals surface area (Å²) in [6.07, 6.45) is 5.26. The van der Waals surface area contributed by atoms with Crippen LogP contribution in [0, 0.1) is 0 Å². The van der Waals surface area contributed by atoms with Gasteiger partial charge in [0.05, 0.1) is 6.10 Å². The molecule has 2 atom stereocenters. The first-order chi connectivity index (χ1) is 14.1. The Hall–Kier alpha value is -2.08. The van der Waals surface area contributed by atoms with Gasteiger partial charge in [-0.05, 0) is 24.8 Å². The smallest absolute Gasteiger partial charge is 0.410 e. The zero-order valence-electron chi connectivity index (χ0n) is 17.9. The Morgan fingerprint density at radius 1 is 1.07 bits per heavy atom. The molecule has 0 aliphatic carbocycles. The molecule has 2 rings (SSSR count). The van der Waals surface area contributed by atoms with Gasteiger partial charge in [0.1, 0.15) is 12.6 Å². The van der Waals surface area contributed by atoms with Crippen LogP contribution in [0.1, 0.15) is 64.4 Å². The molecule has 0 spiro atoms. The third-order valence-corrected chi connectivity index (χ3v) is 5.43. The van der Waals surface area contributed by atoms with Crippen molar-refractivity contribution in [1.29, 1.82) is 0 Å². The van der Waals surface area contributed by atoms with Crippen molar-refractivity contribution < 1.29 is 19.4 Å². The molecule has 1 aliphatic rings. The van der Waals surface area contributed by atoms with Gasteiger partial charge in [0.15, 0.2) is 0 Å². The van der Waals surface area contributed by atoms with Crippen molar-refractivity contribution in [3.63, 3.8) is 0 Å². The summed E-state index contributed by atoms with van der Waals surface area (Å²) in [5.74, 6) is -0.156. The Balaban J connectivity index is 1.99. The first-order valence-corrected chi connectivity index (χ1v) is 11.0. The number of aliphatic hydroxyl groups excluding tert-OH is 1. The highest BCUT2D eigenvalue weighted by atomic mass is 16.6. The molecule has 1 saturated heterocycles. The Bertz CT molecular complexity index is 623. The van der Waals surface area contributed by atoms with Gasteiger partial charge in [-0.3, -0.25) is 9.69 Å². The average molecular weight is 405 g/mol. The fourth-order valence-corrected chi connectivity index (χ4v) is 3.68. The number of likely N-dealkylation sites (tertiary alicyclic amines) is 1. The number of rotatable bonds is 11. The number of unbranched alkanes of at least 4 members (excludes halogenated alkanes) is 4. The van der Waals surface area contributed by atoms with Crippen LogP contribution in [-0.4, -0.2) is 58.7 Å². The van der Waals surface area contributed by atoms with Crippen LogP contribution in [0.25, 0.3) is 0 Å². The van der Waals surface area contributed by atoms with Crippen LogP contribution in [0.3, 0.4) is 0 Å². The molecule has 0 bridgehead atoms. The summed E-state index contributed by atoms with van der Waals surface area (Å²) < 4.78 is 5.42. The second kappa shape index (κ2) is 12.5. The molecule has 6 heteroatoms. The molecule has 1 aromatic carbocycles. The molecule has 1 aromatic rings. The molecule has 1 aliphatic heterocycles. The van der Waals surface area contributed by atoms with E-state index in [9.17, 15) is 14.7 Å². The lowest BCUT2D eigenvalue weighted by Crippen LogP contribution is -2.52. The van der Waals surface area contributed by atoms with E-state index in [0.717, 1.165) is 44.1 Å². The predicted octanol–water partition coefficient (Wildman–Crippen LogP) is 3.97. The van der Waals surface area contributed by atoms with E-state index in [1.165, 1.54) is 4.90 Å². The van der Waals surface area contributed by atoms with Crippen LogP contribution in [0.4, 0.5) is 4.79 Å². The Labute approximate surface area is 174 Å². The molecule has 1 N–H and O–H groups in total. The number of benzene rings is 1. The molecule has 6 nitrogen and oxygen atoms in total. The lowest BCUT2D eigenvalue weighted by Gasteiger charge is -2.31. The normalized spacial score (nSPS) is 18.7. The van der Waals surface area contributed by atoms with E-state index < -0.39 is 18.2 Å². The molecule has 29 heavy (non-hydrogen) atoms. The highest BCUT2D eigenvalue weighted by Crippen LogP contribution is 2.22. The number of aliphatic hydroxyl groups is 1. The van der Waals surface area contributed by atoms with Crippen molar-refractivity contribution >= 4 is 12.0 Å². The summed E-state index contributed by atoms with van der Waals surface area (Å²) in [6.45, 7) is 6.09. The van der Waals surface area contributed by atoms with Gasteiger partial charge in [0.2, 0.25) is 5.91 Å². The minimum absolute atomic E-state index is 0.156. The SMILES string of the molecule is CCCCCCN(CCCC)C(=O)[C@@H]1C(O)CCN1C(=O)OCc1ccccc1. The van der Waals surface area contributed by atoms with Gasteiger partial charge in [-0.1, -0.05) is 69.9 Å². The van der Waals surface area contributed by atoms with Gasteiger partial charge in [-0.2, -0.15) is 0 Å². The second-order valence-electron chi connectivity index (χ2n) is 7.77. The number of ether oxygens (including phenoxy) is 1. The van der Waals surface area contributed by atoms with Crippen LogP contribution in [0.15, 0.2) is 30.3 Å². The summed E-state index contributed by atoms with van der Waals surface area (Å²) in [4.78, 5) is 29.1. The topological polar surface area (TPSA) is 70.1 Å². The average Bonchev–Trinajstić information content (AvgIpc) is 3.13. The van der Waals surface area contributed by atoms with Gasteiger partial charge >= 0.3 is 6.09 Å². The minimum Gasteiger partial charge on any atom is -0.445 e. The molecule has 0 radical (unpaired) electrons. The zero-order valence-corrected chi connectivity index (χ0v) is 17.9. The third kappa shape index (κ3) is 7.03. The summed E-state index contributed by atoms with van der Waals surface area (Å²) in [7, 11) is 0. The van der Waals surface area contributed by atoms with Crippen LogP contribution >= 0.6 is 0 Å². The fourth-order valence-electron chi connectivity index (χ4n) is 3.68. The number of hydrogen-bond donors (Lipinski definition) is 1. The Morgan fingerprint density at radius 2 is 1.76 bits per heavy atom. The largest absolute Gasteiger partial charge is 0.445 e. The van der Waals surface area contributed by atoms with Crippen LogP contribution in [-0.2, 0) is 16.1 Å². The van der Waals surface area contributed by atoms with Crippen LogP contribution in [0.5, 0.6) is 0 Å². The quantitative estimate of drug-likeness (QED) is 0.567. The molecule has 0 aromatic heterocycles. The molecular formula is C23H36N2O4. The minimum atomic E-state index is -0.846. The maximum Gasteiger partial charge on any atom is 0.410 e. The van der Waals surface area contributed by atoms with Gasteiger partial charge in [0, 0.05) is 19.6 Å². The molecule has 1 heterocycles. The van der Waals surface area contributed by atoms with E-state index in [-0.39, 0.29) is 12.5 Å². The molecule has 2 amide bonds. The Kier molecular flexibility index (Phi) is 9.98. The lowest BCUT2D eigenvalue weighted by molar-refractivity contribution is -0.138. The van der Waals surface area contributed by atoms with Crippen molar-refractivity contribution in [2.45, 2.75) is 77.5 Å². The van der Waals surface area contributed by atoms with Gasteiger partial charge in [0.25, 0.3) is 0 Å². The number of nitrogens with zero attached hydrogens (tertiary/aromatic N) is 2. The highest BCUT2D eigenvalue weighted by Gasteiger charge is 2.43. The van der Waals surface area contributed by atoms with Gasteiger partial charge in [-0.15, -0.1) is 0 Å². The van der Waals surface area contributed by atoms with Crippen molar-refractivity contribution in [3.8, 4) is 0 Å². The van der Waals surface area contributed by atoms with E-state index in [0.29, 0.717) is 26.1 Å². The second-order valence-corrected chi connectivity index (χ2v) is 7.77. The van der Waals surface area contributed by atoms with Crippen molar-refractivity contribution in [2.24, 2.45) is 0 Å². The van der Waals surface area contributed by atoms with Crippen molar-refractivity contribution in [3.05, 3.63) is 35.9 Å². The Morgan fingerprint density at radius 3 is 2.45 bits per heavy atom. The molecular weight excluding hydrogens is 368 g/mol. The summed E-state index contributed by atoms with van der Waals surface area (Å²) >= 11 is 0. The van der Waals surface area contributed by atoms with Crippen LogP contribution < -0.4 is 0 Å². The monoisotopic (exact) mass is 404 g/mol. The van der Waals surface area contributed by atoms with E-state index >= 15 is 0 Å². The molecule has 1 unspecified atom stereocenters. The molecule has 162 valence electrons. The van der Waals surface area contributed by atoms with Crippen LogP contribution in [0.2, 0.25) is 0 Å². The first kappa shape index (κ1) is 23.2. The van der Waals surface area contributed by atoms with Crippen molar-refractivity contribution in [2.75, 3.05) is 19.6 Å². The summed E-state index contributed by atoms with van der Waals surface area (Å²) in [5.41, 5.74) is 0.893. The standard InChI is InChI=1S/C23H36N2O4/c1-3-5-7-11-16-24(15-6-4-2)22(27)21-20(26)14-17-25(21)23(28)29-18-19-12-9-8-10-13-19/h8-10,12-13,20-21,26H,3-7,11,14-18H2,1-2H3/t20?,21-/m0/s1. The molecule has 0 saturated carbocycles. The number of hydrogen-bond acceptors (Lipinski definition) is 4. The predicted molar refractivity (Wildman–Crippen MR) is 113 cm³/mol. The maximum absolute atomic E-state index is 13.2. The maximum atomic E-state index is 13.2. The van der Waals surface area contributed by atoms with E-state index in [4.69, 9.17) is 4.74 Å². The fraction of sp³-hybridized carbons (Fsp3) is 0.652. The lowest BCUT2D eigenvalue weighted by atomic mass is 10.1. The summed E-state index contributed by atoms with van der Waals surface area (Å²) in [6, 6.07) is 8.61. The van der Waals surface area contributed by atoms with E-state index in [1.807, 2.05) is 35.2 Å². The zero-order chi connectivity index (χ0) is 21.1. The first-order valence-electron chi connectivity index (χ1n) is 11.0.